The summed E-state index contributed by atoms with van der Waals surface area (Å²) in [5.41, 5.74) is -0.342. The molecule has 0 aromatic carbocycles. The van der Waals surface area contributed by atoms with E-state index in [1.54, 1.807) is 4.90 Å². The van der Waals surface area contributed by atoms with Gasteiger partial charge in [-0.15, -0.1) is 0 Å². The molecule has 4 nitrogen and oxygen atoms in total. The second-order valence-corrected chi connectivity index (χ2v) is 4.08. The van der Waals surface area contributed by atoms with Gasteiger partial charge in [-0.1, -0.05) is 0 Å². The summed E-state index contributed by atoms with van der Waals surface area (Å²) in [6.45, 7) is 6.58. The quantitative estimate of drug-likeness (QED) is 0.607. The molecule has 0 unspecified atom stereocenters. The Hall–Kier alpha value is -0.610. The van der Waals surface area contributed by atoms with Gasteiger partial charge in [-0.2, -0.15) is 0 Å². The summed E-state index contributed by atoms with van der Waals surface area (Å²) in [5, 5.41) is 12.0. The van der Waals surface area contributed by atoms with E-state index >= 15 is 0 Å². The van der Waals surface area contributed by atoms with Crippen LogP contribution in [0.2, 0.25) is 0 Å². The number of amides is 1. The van der Waals surface area contributed by atoms with Gasteiger partial charge in [-0.25, -0.2) is 0 Å². The maximum absolute atomic E-state index is 11.8. The van der Waals surface area contributed by atoms with Crippen LogP contribution in [-0.4, -0.2) is 48.7 Å². The second kappa shape index (κ2) is 4.07. The SMILES string of the molecule is CC1(C)CNCCN(CCO)C1=O. The number of nitrogens with zero attached hydrogens (tertiary/aromatic N) is 1. The summed E-state index contributed by atoms with van der Waals surface area (Å²) < 4.78 is 0. The van der Waals surface area contributed by atoms with Gasteiger partial charge in [0.05, 0.1) is 12.0 Å². The molecule has 2 N–H and O–H groups in total. The minimum absolute atomic E-state index is 0.0435. The van der Waals surface area contributed by atoms with Gasteiger partial charge in [-0.05, 0) is 13.8 Å². The van der Waals surface area contributed by atoms with Crippen molar-refractivity contribution >= 4 is 5.91 Å². The van der Waals surface area contributed by atoms with Crippen LogP contribution < -0.4 is 5.32 Å². The van der Waals surface area contributed by atoms with Crippen LogP contribution in [0.25, 0.3) is 0 Å². The summed E-state index contributed by atoms with van der Waals surface area (Å²) in [7, 11) is 0. The Kier molecular flexibility index (Phi) is 3.27. The lowest BCUT2D eigenvalue weighted by atomic mass is 9.92. The number of rotatable bonds is 2. The molecule has 1 aliphatic rings. The molecular formula is C9H18N2O2. The number of hydrogen-bond acceptors (Lipinski definition) is 3. The minimum atomic E-state index is -0.342. The molecule has 0 aliphatic carbocycles. The van der Waals surface area contributed by atoms with Crippen molar-refractivity contribution in [1.82, 2.24) is 10.2 Å². The van der Waals surface area contributed by atoms with E-state index < -0.39 is 0 Å². The zero-order chi connectivity index (χ0) is 9.90. The molecule has 1 aliphatic heterocycles. The van der Waals surface area contributed by atoms with Gasteiger partial charge in [0.15, 0.2) is 0 Å². The Morgan fingerprint density at radius 1 is 1.62 bits per heavy atom. The molecule has 1 fully saturated rings. The van der Waals surface area contributed by atoms with Gasteiger partial charge in [-0.3, -0.25) is 4.79 Å². The average molecular weight is 186 g/mol. The fourth-order valence-corrected chi connectivity index (χ4v) is 1.55. The molecule has 0 atom stereocenters. The van der Waals surface area contributed by atoms with E-state index in [-0.39, 0.29) is 17.9 Å². The maximum atomic E-state index is 11.8. The number of aliphatic hydroxyl groups is 1. The first-order valence-electron chi connectivity index (χ1n) is 4.69. The lowest BCUT2D eigenvalue weighted by molar-refractivity contribution is -0.139. The number of β-amino-alcohol motifs (C(OH)–C–C–N with tert-alkyl or cyclic N) is 1. The van der Waals surface area contributed by atoms with Crippen LogP contribution in [0.5, 0.6) is 0 Å². The molecule has 1 heterocycles. The zero-order valence-corrected chi connectivity index (χ0v) is 8.34. The van der Waals surface area contributed by atoms with Gasteiger partial charge < -0.3 is 15.3 Å². The Bertz CT molecular complexity index is 192. The lowest BCUT2D eigenvalue weighted by Gasteiger charge is -2.27. The van der Waals surface area contributed by atoms with Crippen LogP contribution in [0.1, 0.15) is 13.8 Å². The smallest absolute Gasteiger partial charge is 0.229 e. The number of carbonyl (C=O) groups excluding carboxylic acids is 1. The summed E-state index contributed by atoms with van der Waals surface area (Å²) >= 11 is 0. The van der Waals surface area contributed by atoms with Gasteiger partial charge in [0.25, 0.3) is 0 Å². The van der Waals surface area contributed by atoms with Crippen molar-refractivity contribution in [2.75, 3.05) is 32.8 Å². The first-order valence-corrected chi connectivity index (χ1v) is 4.69. The predicted octanol–water partition coefficient (Wildman–Crippen LogP) is -0.563. The van der Waals surface area contributed by atoms with Crippen molar-refractivity contribution in [3.05, 3.63) is 0 Å². The summed E-state index contributed by atoms with van der Waals surface area (Å²) in [6, 6.07) is 0. The van der Waals surface area contributed by atoms with Crippen LogP contribution in [0.3, 0.4) is 0 Å². The average Bonchev–Trinajstić information content (AvgIpc) is 2.18. The highest BCUT2D eigenvalue weighted by molar-refractivity contribution is 5.82. The molecule has 76 valence electrons. The molecule has 1 saturated heterocycles. The zero-order valence-electron chi connectivity index (χ0n) is 8.34. The third kappa shape index (κ3) is 2.42. The molecule has 0 saturated carbocycles. The third-order valence-electron chi connectivity index (χ3n) is 2.36. The first kappa shape index (κ1) is 10.5. The second-order valence-electron chi connectivity index (χ2n) is 4.08. The van der Waals surface area contributed by atoms with Crippen LogP contribution in [0, 0.1) is 5.41 Å². The van der Waals surface area contributed by atoms with E-state index in [1.807, 2.05) is 13.8 Å². The van der Waals surface area contributed by atoms with Crippen molar-refractivity contribution in [1.29, 1.82) is 0 Å². The normalized spacial score (nSPS) is 23.0. The molecule has 0 aromatic rings. The van der Waals surface area contributed by atoms with Crippen LogP contribution in [-0.2, 0) is 4.79 Å². The fraction of sp³-hybridized carbons (Fsp3) is 0.889. The molecule has 1 rings (SSSR count). The summed E-state index contributed by atoms with van der Waals surface area (Å²) in [6.07, 6.45) is 0. The van der Waals surface area contributed by atoms with E-state index in [1.165, 1.54) is 0 Å². The van der Waals surface area contributed by atoms with E-state index in [9.17, 15) is 4.79 Å². The molecule has 13 heavy (non-hydrogen) atoms. The Balaban J connectivity index is 2.68. The molecule has 1 amide bonds. The predicted molar refractivity (Wildman–Crippen MR) is 50.3 cm³/mol. The van der Waals surface area contributed by atoms with E-state index in [0.717, 1.165) is 6.54 Å². The van der Waals surface area contributed by atoms with Crippen molar-refractivity contribution in [3.8, 4) is 0 Å². The van der Waals surface area contributed by atoms with Gasteiger partial charge in [0.2, 0.25) is 5.91 Å². The van der Waals surface area contributed by atoms with E-state index in [4.69, 9.17) is 5.11 Å². The van der Waals surface area contributed by atoms with Crippen LogP contribution in [0.4, 0.5) is 0 Å². The molecule has 4 heteroatoms. The van der Waals surface area contributed by atoms with Crippen molar-refractivity contribution < 1.29 is 9.90 Å². The first-order chi connectivity index (χ1) is 6.08. The molecule has 0 spiro atoms. The fourth-order valence-electron chi connectivity index (χ4n) is 1.55. The Morgan fingerprint density at radius 2 is 2.31 bits per heavy atom. The highest BCUT2D eigenvalue weighted by atomic mass is 16.3. The van der Waals surface area contributed by atoms with Gasteiger partial charge in [0, 0.05) is 26.2 Å². The van der Waals surface area contributed by atoms with Crippen LogP contribution in [0.15, 0.2) is 0 Å². The van der Waals surface area contributed by atoms with Crippen molar-refractivity contribution in [2.45, 2.75) is 13.8 Å². The molecule has 0 bridgehead atoms. The van der Waals surface area contributed by atoms with Gasteiger partial charge >= 0.3 is 0 Å². The number of nitrogens with one attached hydrogen (secondary N) is 1. The number of carbonyl (C=O) groups is 1. The van der Waals surface area contributed by atoms with E-state index in [2.05, 4.69) is 5.32 Å². The lowest BCUT2D eigenvalue weighted by Crippen LogP contribution is -2.42. The largest absolute Gasteiger partial charge is 0.395 e. The summed E-state index contributed by atoms with van der Waals surface area (Å²) in [5.74, 6) is 0.131. The van der Waals surface area contributed by atoms with E-state index in [0.29, 0.717) is 19.6 Å². The highest BCUT2D eigenvalue weighted by Gasteiger charge is 2.33. The Labute approximate surface area is 78.9 Å². The van der Waals surface area contributed by atoms with Gasteiger partial charge in [0.1, 0.15) is 0 Å². The van der Waals surface area contributed by atoms with Crippen LogP contribution >= 0.6 is 0 Å². The topological polar surface area (TPSA) is 52.6 Å². The molecule has 0 aromatic heterocycles. The molecule has 0 radical (unpaired) electrons. The highest BCUT2D eigenvalue weighted by Crippen LogP contribution is 2.19. The number of aliphatic hydroxyl groups excluding tert-OH is 1. The van der Waals surface area contributed by atoms with Crippen molar-refractivity contribution in [2.24, 2.45) is 5.41 Å². The standard InChI is InChI=1S/C9H18N2O2/c1-9(2)7-10-3-4-11(5-6-12)8(9)13/h10,12H,3-7H2,1-2H3. The number of hydrogen-bond donors (Lipinski definition) is 2. The monoisotopic (exact) mass is 186 g/mol. The third-order valence-corrected chi connectivity index (χ3v) is 2.36. The van der Waals surface area contributed by atoms with Crippen molar-refractivity contribution in [3.63, 3.8) is 0 Å². The maximum Gasteiger partial charge on any atom is 0.229 e. The molecular weight excluding hydrogens is 168 g/mol. The Morgan fingerprint density at radius 3 is 2.92 bits per heavy atom. The minimum Gasteiger partial charge on any atom is -0.395 e. The summed E-state index contributed by atoms with van der Waals surface area (Å²) in [4.78, 5) is 13.6.